The first kappa shape index (κ1) is 47.9. The van der Waals surface area contributed by atoms with Crippen molar-refractivity contribution in [2.45, 2.75) is 31.4 Å². The van der Waals surface area contributed by atoms with E-state index < -0.39 is 139 Å². The van der Waals surface area contributed by atoms with E-state index in [0.29, 0.717) is 30.3 Å². The first-order valence-corrected chi connectivity index (χ1v) is 21.4. The van der Waals surface area contributed by atoms with Crippen LogP contribution in [0.2, 0.25) is 0 Å². The molecule has 0 spiro atoms. The Labute approximate surface area is 345 Å². The number of fused-ring (bicyclic) bond motifs is 2. The molecule has 0 saturated heterocycles. The van der Waals surface area contributed by atoms with Gasteiger partial charge in [-0.3, -0.25) is 9.11 Å². The minimum Gasteiger partial charge on any atom is -0.506 e. The first-order chi connectivity index (χ1) is 25.0. The average molecular weight is 998 g/mol. The quantitative estimate of drug-likeness (QED) is 0.0376. The average Bonchev–Trinajstić information content (AvgIpc) is 3.03. The van der Waals surface area contributed by atoms with Crippen LogP contribution >= 0.6 is 32.6 Å². The molecule has 5 aromatic carbocycles. The summed E-state index contributed by atoms with van der Waals surface area (Å²) in [7, 11) is -24.9. The van der Waals surface area contributed by atoms with Gasteiger partial charge >= 0.3 is 0 Å². The van der Waals surface area contributed by atoms with Gasteiger partial charge in [-0.2, -0.15) is 16.8 Å². The largest absolute Gasteiger partial charge is 0.506 e. The van der Waals surface area contributed by atoms with Crippen LogP contribution in [0.4, 0.5) is 22.7 Å². The summed E-state index contributed by atoms with van der Waals surface area (Å²) in [6.07, 6.45) is 0. The van der Waals surface area contributed by atoms with Gasteiger partial charge in [-0.25, -0.2) is 0 Å². The molecule has 5 rings (SSSR count). The van der Waals surface area contributed by atoms with Gasteiger partial charge in [-0.1, -0.05) is 0 Å². The third-order valence-corrected chi connectivity index (χ3v) is 11.9. The Kier molecular flexibility index (Phi) is 13.7. The van der Waals surface area contributed by atoms with E-state index >= 15 is 0 Å². The standard InChI is InChI=1S/C27H26N4O19S5.2Cu/c1-10-4-11(51(36,37)38)6-16(25(10)33)28-31-24-21(55(48,49)50)8-14-13(26(24)34)2-3-18(32)23(14)30-29-17-9-19(53(42,43)44)15-5-12(52(39,40)41)7-20(54(45,46)47)22(15)27(17)35;;/h2-9,32-35,39-41,45-50H,1H3,(H,36,37,38)(H,42,43,44);;. The second-order valence-electron chi connectivity index (χ2n) is 11.2. The van der Waals surface area contributed by atoms with Crippen molar-refractivity contribution in [3.8, 4) is 23.0 Å². The van der Waals surface area contributed by atoms with E-state index in [2.05, 4.69) is 20.5 Å². The van der Waals surface area contributed by atoms with Crippen molar-refractivity contribution in [1.29, 1.82) is 0 Å². The molecule has 0 aliphatic rings. The van der Waals surface area contributed by atoms with Gasteiger partial charge in [-0.05, 0) is 61.0 Å². The van der Waals surface area contributed by atoms with Crippen molar-refractivity contribution in [2.24, 2.45) is 20.5 Å². The number of phenols is 4. The summed E-state index contributed by atoms with van der Waals surface area (Å²) in [5.74, 6) is -3.71. The van der Waals surface area contributed by atoms with Crippen LogP contribution in [0.15, 0.2) is 93.5 Å². The Morgan fingerprint density at radius 3 is 1.51 bits per heavy atom. The fourth-order valence-corrected chi connectivity index (χ4v) is 8.41. The number of phenolic OH excluding ortho intramolecular Hbond substituents is 4. The number of nitrogens with zero attached hydrogens (tertiary/aromatic N) is 4. The molecular formula is C27H26Cu2N4O19S5. The molecule has 30 heteroatoms. The summed E-state index contributed by atoms with van der Waals surface area (Å²) in [6, 6.07) is 5.47. The molecule has 5 aromatic rings. The SMILES string of the molecule is Cc1cc(S(=O)(=O)O)cc(N=Nc2c(S(O)(O)O)cc3c(N=Nc4cc(S(=O)(=O)O)c5cc(S(O)(O)O)cc(S(O)(O)O)c5c4O)c(O)ccc3c2O)c1O.[Cu].[Cu]. The molecule has 0 aliphatic heterocycles. The van der Waals surface area contributed by atoms with Crippen molar-refractivity contribution >= 4 is 97.1 Å². The van der Waals surface area contributed by atoms with Crippen LogP contribution in [0.25, 0.3) is 21.5 Å². The van der Waals surface area contributed by atoms with Gasteiger partial charge in [0.05, 0.1) is 19.6 Å². The number of azo groups is 2. The molecular weight excluding hydrogens is 972 g/mol. The summed E-state index contributed by atoms with van der Waals surface area (Å²) >= 11 is 0. The number of aromatic hydroxyl groups is 4. The number of aryl methyl sites for hydroxylation is 1. The number of hydrogen-bond acceptors (Lipinski definition) is 21. The van der Waals surface area contributed by atoms with Gasteiger partial charge < -0.3 is 61.4 Å². The zero-order valence-electron chi connectivity index (χ0n) is 27.4. The number of hydrogen-bond donors (Lipinski definition) is 15. The molecule has 0 bridgehead atoms. The van der Waals surface area contributed by atoms with Crippen LogP contribution in [0.3, 0.4) is 0 Å². The minimum absolute atomic E-state index is 0. The van der Waals surface area contributed by atoms with Gasteiger partial charge in [-0.15, -0.1) is 20.5 Å². The van der Waals surface area contributed by atoms with E-state index in [4.69, 9.17) is 0 Å². The smallest absolute Gasteiger partial charge is 0.295 e. The molecule has 320 valence electrons. The van der Waals surface area contributed by atoms with Crippen LogP contribution in [0.5, 0.6) is 23.0 Å². The van der Waals surface area contributed by atoms with E-state index in [1.165, 1.54) is 6.92 Å². The first-order valence-electron chi connectivity index (χ1n) is 14.0. The monoisotopic (exact) mass is 996 g/mol. The van der Waals surface area contributed by atoms with Gasteiger partial charge in [0, 0.05) is 55.7 Å². The second-order valence-corrected chi connectivity index (χ2v) is 18.5. The number of rotatable bonds is 9. The molecule has 0 amide bonds. The summed E-state index contributed by atoms with van der Waals surface area (Å²) < 4.78 is 158. The maximum Gasteiger partial charge on any atom is 0.295 e. The molecule has 0 unspecified atom stereocenters. The Morgan fingerprint density at radius 1 is 0.456 bits per heavy atom. The predicted octanol–water partition coefficient (Wildman–Crippen LogP) is 8.19. The van der Waals surface area contributed by atoms with E-state index in [0.717, 1.165) is 18.2 Å². The molecule has 23 nitrogen and oxygen atoms in total. The molecule has 0 saturated carbocycles. The topological polar surface area (TPSA) is 421 Å². The van der Waals surface area contributed by atoms with Crippen LogP contribution in [-0.2, 0) is 54.4 Å². The van der Waals surface area contributed by atoms with Crippen LogP contribution in [-0.4, -0.2) is 87.3 Å². The number of benzene rings is 5. The van der Waals surface area contributed by atoms with E-state index in [1.54, 1.807) is 0 Å². The molecule has 57 heavy (non-hydrogen) atoms. The zero-order chi connectivity index (χ0) is 41.4. The van der Waals surface area contributed by atoms with Crippen LogP contribution < -0.4 is 0 Å². The van der Waals surface area contributed by atoms with E-state index in [-0.39, 0.29) is 45.1 Å². The fourth-order valence-electron chi connectivity index (χ4n) is 5.06. The third kappa shape index (κ3) is 9.73. The van der Waals surface area contributed by atoms with Crippen molar-refractivity contribution in [3.05, 3.63) is 54.1 Å². The van der Waals surface area contributed by atoms with E-state index in [9.17, 15) is 87.3 Å². The third-order valence-electron chi connectivity index (χ3n) is 7.52. The van der Waals surface area contributed by atoms with Gasteiger partial charge in [0.15, 0.2) is 11.5 Å². The van der Waals surface area contributed by atoms with Crippen molar-refractivity contribution < 1.29 is 121 Å². The predicted molar refractivity (Wildman–Crippen MR) is 195 cm³/mol. The van der Waals surface area contributed by atoms with Crippen LogP contribution in [0.1, 0.15) is 5.56 Å². The normalized spacial score (nSPS) is 13.9. The minimum atomic E-state index is -5.42. The Balaban J connectivity index is 0.00000435. The Morgan fingerprint density at radius 2 is 1.00 bits per heavy atom. The Bertz CT molecular complexity index is 2740. The maximum absolute atomic E-state index is 12.4. The molecule has 15 N–H and O–H groups in total. The fraction of sp³-hybridized carbons (Fsp3) is 0.0370. The summed E-state index contributed by atoms with van der Waals surface area (Å²) in [4.78, 5) is -5.17. The van der Waals surface area contributed by atoms with E-state index in [1.807, 2.05) is 0 Å². The summed E-state index contributed by atoms with van der Waals surface area (Å²) in [5, 5.41) is 55.2. The van der Waals surface area contributed by atoms with Crippen LogP contribution in [0, 0.1) is 6.92 Å². The van der Waals surface area contributed by atoms with Crippen molar-refractivity contribution in [2.75, 3.05) is 0 Å². The van der Waals surface area contributed by atoms with Gasteiger partial charge in [0.1, 0.15) is 71.8 Å². The summed E-state index contributed by atoms with van der Waals surface area (Å²) in [6.45, 7) is 1.24. The molecule has 0 aromatic heterocycles. The molecule has 0 fully saturated rings. The molecule has 0 atom stereocenters. The zero-order valence-corrected chi connectivity index (χ0v) is 33.4. The van der Waals surface area contributed by atoms with Crippen molar-refractivity contribution in [3.63, 3.8) is 0 Å². The van der Waals surface area contributed by atoms with Gasteiger partial charge in [0.25, 0.3) is 20.2 Å². The second kappa shape index (κ2) is 16.3. The van der Waals surface area contributed by atoms with Gasteiger partial charge in [0.2, 0.25) is 0 Å². The summed E-state index contributed by atoms with van der Waals surface area (Å²) in [5.41, 5.74) is -3.30. The van der Waals surface area contributed by atoms with Crippen molar-refractivity contribution in [1.82, 2.24) is 0 Å². The Hall–Kier alpha value is -3.43. The molecule has 0 aliphatic carbocycles. The molecule has 0 heterocycles. The maximum atomic E-state index is 12.4. The molecule has 2 radical (unpaired) electrons.